The predicted molar refractivity (Wildman–Crippen MR) is 72.1 cm³/mol. The van der Waals surface area contributed by atoms with E-state index < -0.39 is 11.9 Å². The largest absolute Gasteiger partial charge is 0.434 e. The van der Waals surface area contributed by atoms with Gasteiger partial charge in [0.25, 0.3) is 0 Å². The van der Waals surface area contributed by atoms with Crippen LogP contribution < -0.4 is 10.2 Å². The molecule has 21 heavy (non-hydrogen) atoms. The van der Waals surface area contributed by atoms with Crippen LogP contribution in [0.25, 0.3) is 0 Å². The fourth-order valence-electron chi connectivity index (χ4n) is 2.42. The molecule has 118 valence electrons. The first-order valence-corrected chi connectivity index (χ1v) is 6.89. The average molecular weight is 304 g/mol. The molecule has 5 nitrogen and oxygen atoms in total. The van der Waals surface area contributed by atoms with Gasteiger partial charge < -0.3 is 15.0 Å². The van der Waals surface area contributed by atoms with Crippen LogP contribution in [-0.4, -0.2) is 48.4 Å². The smallest absolute Gasteiger partial charge is 0.380 e. The van der Waals surface area contributed by atoms with Gasteiger partial charge in [-0.15, -0.1) is 0 Å². The summed E-state index contributed by atoms with van der Waals surface area (Å²) in [5.74, 6) is 0.446. The zero-order valence-electron chi connectivity index (χ0n) is 12.0. The minimum absolute atomic E-state index is 0.0275. The zero-order chi connectivity index (χ0) is 15.5. The molecule has 1 fully saturated rings. The summed E-state index contributed by atoms with van der Waals surface area (Å²) in [5.41, 5.74) is -0.976. The number of hydrogen-bond acceptors (Lipinski definition) is 5. The number of piperazine rings is 1. The quantitative estimate of drug-likeness (QED) is 0.917. The van der Waals surface area contributed by atoms with E-state index in [-0.39, 0.29) is 12.1 Å². The molecule has 1 aromatic heterocycles. The Balaban J connectivity index is 2.19. The lowest BCUT2D eigenvalue weighted by molar-refractivity contribution is -0.141. The molecule has 2 heterocycles. The first-order valence-electron chi connectivity index (χ1n) is 6.89. The minimum Gasteiger partial charge on any atom is -0.380 e. The number of nitrogens with one attached hydrogen (secondary N) is 1. The Morgan fingerprint density at radius 2 is 2.10 bits per heavy atom. The Morgan fingerprint density at radius 3 is 2.67 bits per heavy atom. The molecular weight excluding hydrogens is 285 g/mol. The van der Waals surface area contributed by atoms with Crippen LogP contribution in [0.15, 0.2) is 12.4 Å². The van der Waals surface area contributed by atoms with E-state index in [1.807, 2.05) is 18.7 Å². The van der Waals surface area contributed by atoms with Crippen molar-refractivity contribution in [1.82, 2.24) is 15.3 Å². The lowest BCUT2D eigenvalue weighted by Gasteiger charge is -2.41. The van der Waals surface area contributed by atoms with Crippen LogP contribution in [0, 0.1) is 0 Å². The Labute approximate surface area is 121 Å². The third-order valence-corrected chi connectivity index (χ3v) is 3.40. The second-order valence-corrected chi connectivity index (χ2v) is 4.99. The number of halogens is 3. The van der Waals surface area contributed by atoms with Crippen molar-refractivity contribution in [3.8, 4) is 0 Å². The van der Waals surface area contributed by atoms with Crippen molar-refractivity contribution in [2.24, 2.45) is 0 Å². The van der Waals surface area contributed by atoms with Crippen LogP contribution >= 0.6 is 0 Å². The van der Waals surface area contributed by atoms with Gasteiger partial charge >= 0.3 is 6.18 Å². The summed E-state index contributed by atoms with van der Waals surface area (Å²) < 4.78 is 43.0. The van der Waals surface area contributed by atoms with Crippen LogP contribution in [0.2, 0.25) is 0 Å². The van der Waals surface area contributed by atoms with E-state index >= 15 is 0 Å². The summed E-state index contributed by atoms with van der Waals surface area (Å²) in [6.45, 7) is 6.43. The molecule has 1 saturated heterocycles. The molecule has 0 spiro atoms. The van der Waals surface area contributed by atoms with E-state index in [9.17, 15) is 13.2 Å². The van der Waals surface area contributed by atoms with Crippen molar-refractivity contribution in [1.29, 1.82) is 0 Å². The standard InChI is InChI=1S/C13H19F3N4O/c1-3-21-8-10-5-17-4-9(2)20(10)12-7-18-11(6-19-12)13(14,15)16/h6-7,9-10,17H,3-5,8H2,1-2H3. The summed E-state index contributed by atoms with van der Waals surface area (Å²) >= 11 is 0. The SMILES string of the molecule is CCOCC1CNCC(C)N1c1cnc(C(F)(F)F)cn1. The number of anilines is 1. The highest BCUT2D eigenvalue weighted by Crippen LogP contribution is 2.28. The van der Waals surface area contributed by atoms with Gasteiger partial charge in [0.05, 0.1) is 25.0 Å². The molecule has 0 saturated carbocycles. The van der Waals surface area contributed by atoms with E-state index in [4.69, 9.17) is 4.74 Å². The van der Waals surface area contributed by atoms with E-state index in [1.165, 1.54) is 6.20 Å². The molecule has 8 heteroatoms. The Morgan fingerprint density at radius 1 is 1.33 bits per heavy atom. The summed E-state index contributed by atoms with van der Waals surface area (Å²) in [6, 6.07) is 0.134. The maximum atomic E-state index is 12.5. The Bertz CT molecular complexity index is 452. The lowest BCUT2D eigenvalue weighted by atomic mass is 10.1. The highest BCUT2D eigenvalue weighted by atomic mass is 19.4. The van der Waals surface area contributed by atoms with Crippen LogP contribution in [0.5, 0.6) is 0 Å². The summed E-state index contributed by atoms with van der Waals surface area (Å²) in [7, 11) is 0. The highest BCUT2D eigenvalue weighted by Gasteiger charge is 2.34. The van der Waals surface area contributed by atoms with Crippen LogP contribution in [0.4, 0.5) is 19.0 Å². The minimum atomic E-state index is -4.47. The molecule has 0 aliphatic carbocycles. The fraction of sp³-hybridized carbons (Fsp3) is 0.692. The number of hydrogen-bond donors (Lipinski definition) is 1. The number of aromatic nitrogens is 2. The maximum Gasteiger partial charge on any atom is 0.434 e. The van der Waals surface area contributed by atoms with E-state index in [0.29, 0.717) is 25.6 Å². The van der Waals surface area contributed by atoms with Crippen molar-refractivity contribution in [3.63, 3.8) is 0 Å². The summed E-state index contributed by atoms with van der Waals surface area (Å²) in [4.78, 5) is 9.39. The molecule has 2 unspecified atom stereocenters. The van der Waals surface area contributed by atoms with Gasteiger partial charge in [0.1, 0.15) is 5.82 Å². The van der Waals surface area contributed by atoms with Crippen molar-refractivity contribution >= 4 is 5.82 Å². The molecule has 2 atom stereocenters. The number of alkyl halides is 3. The van der Waals surface area contributed by atoms with Gasteiger partial charge in [-0.05, 0) is 13.8 Å². The molecule has 2 rings (SSSR count). The zero-order valence-corrected chi connectivity index (χ0v) is 12.0. The van der Waals surface area contributed by atoms with Crippen LogP contribution in [-0.2, 0) is 10.9 Å². The second kappa shape index (κ2) is 6.57. The molecule has 0 radical (unpaired) electrons. The predicted octanol–water partition coefficient (Wildman–Crippen LogP) is 1.70. The molecular formula is C13H19F3N4O. The molecule has 0 aromatic carbocycles. The molecule has 1 aliphatic heterocycles. The van der Waals surface area contributed by atoms with Crippen LogP contribution in [0.3, 0.4) is 0 Å². The number of nitrogens with zero attached hydrogens (tertiary/aromatic N) is 3. The van der Waals surface area contributed by atoms with Crippen molar-refractivity contribution in [2.75, 3.05) is 31.2 Å². The monoisotopic (exact) mass is 304 g/mol. The molecule has 0 amide bonds. The topological polar surface area (TPSA) is 50.3 Å². The van der Waals surface area contributed by atoms with E-state index in [2.05, 4.69) is 15.3 Å². The summed E-state index contributed by atoms with van der Waals surface area (Å²) in [6.07, 6.45) is -2.50. The van der Waals surface area contributed by atoms with Gasteiger partial charge in [-0.3, -0.25) is 0 Å². The molecule has 1 aliphatic rings. The third kappa shape index (κ3) is 3.82. The number of rotatable bonds is 4. The van der Waals surface area contributed by atoms with Gasteiger partial charge in [-0.2, -0.15) is 13.2 Å². The van der Waals surface area contributed by atoms with E-state index in [0.717, 1.165) is 12.7 Å². The van der Waals surface area contributed by atoms with E-state index in [1.54, 1.807) is 0 Å². The Kier molecular flexibility index (Phi) is 5.00. The van der Waals surface area contributed by atoms with Gasteiger partial charge in [0.2, 0.25) is 0 Å². The van der Waals surface area contributed by atoms with Gasteiger partial charge in [-0.25, -0.2) is 9.97 Å². The molecule has 0 bridgehead atoms. The van der Waals surface area contributed by atoms with Crippen LogP contribution in [0.1, 0.15) is 19.5 Å². The normalized spacial score (nSPS) is 23.4. The van der Waals surface area contributed by atoms with Gasteiger partial charge in [-0.1, -0.05) is 0 Å². The average Bonchev–Trinajstić information content (AvgIpc) is 2.44. The highest BCUT2D eigenvalue weighted by molar-refractivity contribution is 5.40. The van der Waals surface area contributed by atoms with Crippen molar-refractivity contribution < 1.29 is 17.9 Å². The lowest BCUT2D eigenvalue weighted by Crippen LogP contribution is -2.58. The Hall–Kier alpha value is -1.41. The fourth-order valence-corrected chi connectivity index (χ4v) is 2.42. The summed E-state index contributed by atoms with van der Waals surface area (Å²) in [5, 5.41) is 3.28. The number of ether oxygens (including phenoxy) is 1. The van der Waals surface area contributed by atoms with Crippen molar-refractivity contribution in [2.45, 2.75) is 32.1 Å². The second-order valence-electron chi connectivity index (χ2n) is 4.99. The van der Waals surface area contributed by atoms with Gasteiger partial charge in [0, 0.05) is 25.7 Å². The molecule has 1 N–H and O–H groups in total. The van der Waals surface area contributed by atoms with Crippen molar-refractivity contribution in [3.05, 3.63) is 18.1 Å². The maximum absolute atomic E-state index is 12.5. The van der Waals surface area contributed by atoms with Gasteiger partial charge in [0.15, 0.2) is 5.69 Å². The first kappa shape index (κ1) is 16.0. The first-order chi connectivity index (χ1) is 9.93. The molecule has 1 aromatic rings. The third-order valence-electron chi connectivity index (χ3n) is 3.40.